The van der Waals surface area contributed by atoms with E-state index in [4.69, 9.17) is 10.2 Å². The molecule has 0 amide bonds. The van der Waals surface area contributed by atoms with Crippen LogP contribution >= 0.6 is 15.9 Å². The van der Waals surface area contributed by atoms with E-state index >= 15 is 0 Å². The Bertz CT molecular complexity index is 246. The van der Waals surface area contributed by atoms with Gasteiger partial charge in [-0.2, -0.15) is 0 Å². The first-order valence-electron chi connectivity index (χ1n) is 3.20. The van der Waals surface area contributed by atoms with Gasteiger partial charge in [-0.1, -0.05) is 0 Å². The summed E-state index contributed by atoms with van der Waals surface area (Å²) in [5.74, 6) is 0.250. The highest BCUT2D eigenvalue weighted by Gasteiger charge is 2.29. The lowest BCUT2D eigenvalue weighted by Gasteiger charge is -2.14. The van der Waals surface area contributed by atoms with Gasteiger partial charge in [0.1, 0.15) is 0 Å². The van der Waals surface area contributed by atoms with E-state index in [1.807, 2.05) is 0 Å². The number of hydrogen-bond acceptors (Lipinski definition) is 2. The van der Waals surface area contributed by atoms with Crippen molar-refractivity contribution in [3.8, 4) is 0 Å². The molecule has 2 N–H and O–H groups in total. The minimum absolute atomic E-state index is 0.0842. The number of rotatable bonds is 2. The van der Waals surface area contributed by atoms with Gasteiger partial charge >= 0.3 is 0 Å². The second kappa shape index (κ2) is 2.95. The predicted molar refractivity (Wildman–Crippen MR) is 43.9 cm³/mol. The third kappa shape index (κ3) is 1.62. The molecular formula is C7H9BrFNO. The molecule has 1 rings (SSSR count). The fourth-order valence-corrected chi connectivity index (χ4v) is 1.37. The molecule has 0 saturated carbocycles. The van der Waals surface area contributed by atoms with Crippen molar-refractivity contribution >= 4 is 15.9 Å². The maximum atomic E-state index is 13.4. The van der Waals surface area contributed by atoms with Gasteiger partial charge in [-0.05, 0) is 28.9 Å². The SMILES string of the molecule is CC(F)(CN)c1occc1Br. The summed E-state index contributed by atoms with van der Waals surface area (Å²) in [6.45, 7) is 1.30. The summed E-state index contributed by atoms with van der Waals surface area (Å²) < 4.78 is 18.9. The molecule has 4 heteroatoms. The molecule has 0 aromatic carbocycles. The highest BCUT2D eigenvalue weighted by atomic mass is 79.9. The maximum absolute atomic E-state index is 13.4. The quantitative estimate of drug-likeness (QED) is 0.832. The highest BCUT2D eigenvalue weighted by Crippen LogP contribution is 2.31. The van der Waals surface area contributed by atoms with Gasteiger partial charge in [0.25, 0.3) is 0 Å². The van der Waals surface area contributed by atoms with Crippen LogP contribution in [-0.4, -0.2) is 6.54 Å². The Morgan fingerprint density at radius 3 is 2.82 bits per heavy atom. The standard InChI is InChI=1S/C7H9BrFNO/c1-7(9,4-10)6-5(8)2-3-11-6/h2-3H,4,10H2,1H3. The fraction of sp³-hybridized carbons (Fsp3) is 0.429. The summed E-state index contributed by atoms with van der Waals surface area (Å²) in [6.07, 6.45) is 1.42. The summed E-state index contributed by atoms with van der Waals surface area (Å²) >= 11 is 3.15. The molecule has 1 heterocycles. The van der Waals surface area contributed by atoms with Crippen molar-refractivity contribution in [3.63, 3.8) is 0 Å². The minimum atomic E-state index is -1.58. The third-order valence-corrected chi connectivity index (χ3v) is 2.10. The van der Waals surface area contributed by atoms with Crippen molar-refractivity contribution in [1.29, 1.82) is 0 Å². The van der Waals surface area contributed by atoms with Gasteiger partial charge in [-0.3, -0.25) is 0 Å². The number of hydrogen-bond donors (Lipinski definition) is 1. The molecule has 0 radical (unpaired) electrons. The van der Waals surface area contributed by atoms with Gasteiger partial charge in [0.05, 0.1) is 10.7 Å². The normalized spacial score (nSPS) is 16.4. The average molecular weight is 222 g/mol. The second-order valence-electron chi connectivity index (χ2n) is 2.50. The molecule has 0 fully saturated rings. The van der Waals surface area contributed by atoms with Gasteiger partial charge in [-0.25, -0.2) is 4.39 Å². The molecule has 0 spiro atoms. The lowest BCUT2D eigenvalue weighted by molar-refractivity contribution is 0.162. The lowest BCUT2D eigenvalue weighted by Crippen LogP contribution is -2.26. The Morgan fingerprint density at radius 1 is 1.82 bits per heavy atom. The Labute approximate surface area is 72.7 Å². The summed E-state index contributed by atoms with van der Waals surface area (Å²) in [4.78, 5) is 0. The zero-order valence-corrected chi connectivity index (χ0v) is 7.69. The molecule has 0 aliphatic rings. The average Bonchev–Trinajstić information content (AvgIpc) is 2.36. The van der Waals surface area contributed by atoms with Gasteiger partial charge in [0.2, 0.25) is 0 Å². The Morgan fingerprint density at radius 2 is 2.45 bits per heavy atom. The van der Waals surface area contributed by atoms with E-state index in [2.05, 4.69) is 15.9 Å². The van der Waals surface area contributed by atoms with Crippen molar-refractivity contribution in [2.75, 3.05) is 6.54 Å². The summed E-state index contributed by atoms with van der Waals surface area (Å²) in [7, 11) is 0. The number of nitrogens with two attached hydrogens (primary N) is 1. The van der Waals surface area contributed by atoms with Crippen LogP contribution in [0, 0.1) is 0 Å². The monoisotopic (exact) mass is 221 g/mol. The first-order valence-corrected chi connectivity index (χ1v) is 3.99. The second-order valence-corrected chi connectivity index (χ2v) is 3.35. The minimum Gasteiger partial charge on any atom is -0.465 e. The zero-order valence-electron chi connectivity index (χ0n) is 6.10. The van der Waals surface area contributed by atoms with Crippen molar-refractivity contribution < 1.29 is 8.81 Å². The topological polar surface area (TPSA) is 39.2 Å². The Balaban J connectivity index is 3.00. The molecular weight excluding hydrogens is 213 g/mol. The van der Waals surface area contributed by atoms with Crippen LogP contribution in [0.15, 0.2) is 21.2 Å². The van der Waals surface area contributed by atoms with Crippen LogP contribution in [0.1, 0.15) is 12.7 Å². The summed E-state index contributed by atoms with van der Waals surface area (Å²) in [5, 5.41) is 0. The van der Waals surface area contributed by atoms with Crippen molar-refractivity contribution in [3.05, 3.63) is 22.6 Å². The van der Waals surface area contributed by atoms with Crippen LogP contribution in [0.4, 0.5) is 4.39 Å². The Hall–Kier alpha value is -0.350. The van der Waals surface area contributed by atoms with Crippen LogP contribution < -0.4 is 5.73 Å². The van der Waals surface area contributed by atoms with Gasteiger partial charge in [0.15, 0.2) is 11.4 Å². The highest BCUT2D eigenvalue weighted by molar-refractivity contribution is 9.10. The summed E-state index contributed by atoms with van der Waals surface area (Å²) in [6, 6.07) is 1.64. The van der Waals surface area contributed by atoms with Gasteiger partial charge in [0, 0.05) is 6.54 Å². The third-order valence-electron chi connectivity index (χ3n) is 1.47. The molecule has 2 nitrogen and oxygen atoms in total. The van der Waals surface area contributed by atoms with Gasteiger partial charge < -0.3 is 10.2 Å². The van der Waals surface area contributed by atoms with Crippen molar-refractivity contribution in [1.82, 2.24) is 0 Å². The molecule has 0 aliphatic heterocycles. The van der Waals surface area contributed by atoms with E-state index in [1.165, 1.54) is 13.2 Å². The fourth-order valence-electron chi connectivity index (χ4n) is 0.758. The van der Waals surface area contributed by atoms with Gasteiger partial charge in [-0.15, -0.1) is 0 Å². The van der Waals surface area contributed by atoms with E-state index in [0.29, 0.717) is 4.47 Å². The molecule has 0 bridgehead atoms. The molecule has 1 aromatic heterocycles. The Kier molecular flexibility index (Phi) is 2.34. The van der Waals surface area contributed by atoms with Crippen molar-refractivity contribution in [2.45, 2.75) is 12.6 Å². The lowest BCUT2D eigenvalue weighted by atomic mass is 10.1. The zero-order chi connectivity index (χ0) is 8.48. The summed E-state index contributed by atoms with van der Waals surface area (Å²) in [5.41, 5.74) is 3.63. The first-order chi connectivity index (χ1) is 5.08. The van der Waals surface area contributed by atoms with E-state index < -0.39 is 5.67 Å². The molecule has 1 unspecified atom stereocenters. The van der Waals surface area contributed by atoms with Crippen LogP contribution in [0.25, 0.3) is 0 Å². The van der Waals surface area contributed by atoms with Crippen molar-refractivity contribution in [2.24, 2.45) is 5.73 Å². The van der Waals surface area contributed by atoms with Crippen LogP contribution in [0.2, 0.25) is 0 Å². The predicted octanol–water partition coefficient (Wildman–Crippen LogP) is 2.19. The molecule has 62 valence electrons. The number of halogens is 2. The molecule has 11 heavy (non-hydrogen) atoms. The van der Waals surface area contributed by atoms with E-state index in [1.54, 1.807) is 6.07 Å². The molecule has 0 aliphatic carbocycles. The molecule has 1 atom stereocenters. The largest absolute Gasteiger partial charge is 0.465 e. The van der Waals surface area contributed by atoms with Crippen LogP contribution in [-0.2, 0) is 5.67 Å². The van der Waals surface area contributed by atoms with E-state index in [0.717, 1.165) is 0 Å². The maximum Gasteiger partial charge on any atom is 0.178 e. The van der Waals surface area contributed by atoms with E-state index in [-0.39, 0.29) is 12.3 Å². The van der Waals surface area contributed by atoms with Crippen LogP contribution in [0.3, 0.4) is 0 Å². The number of furan rings is 1. The smallest absolute Gasteiger partial charge is 0.178 e. The molecule has 0 saturated heterocycles. The van der Waals surface area contributed by atoms with Crippen LogP contribution in [0.5, 0.6) is 0 Å². The first kappa shape index (κ1) is 8.74. The molecule has 1 aromatic rings. The number of alkyl halides is 1. The van der Waals surface area contributed by atoms with E-state index in [9.17, 15) is 4.39 Å².